The van der Waals surface area contributed by atoms with E-state index in [1.54, 1.807) is 11.9 Å². The number of nitrogens with zero attached hydrogens (tertiary/aromatic N) is 1. The minimum absolute atomic E-state index is 0.0118. The topological polar surface area (TPSA) is 49.4 Å². The van der Waals surface area contributed by atoms with E-state index in [2.05, 4.69) is 19.2 Å². The van der Waals surface area contributed by atoms with E-state index in [1.165, 1.54) is 0 Å². The Morgan fingerprint density at radius 3 is 2.42 bits per heavy atom. The zero-order chi connectivity index (χ0) is 18.7. The van der Waals surface area contributed by atoms with Gasteiger partial charge in [0.1, 0.15) is 0 Å². The molecule has 0 aromatic heterocycles. The molecule has 0 saturated carbocycles. The molecule has 2 aromatic carbocycles. The molecular weight excluding hydrogens is 324 g/mol. The lowest BCUT2D eigenvalue weighted by Gasteiger charge is -2.28. The van der Waals surface area contributed by atoms with E-state index in [1.807, 2.05) is 54.6 Å². The van der Waals surface area contributed by atoms with Gasteiger partial charge in [-0.1, -0.05) is 62.4 Å². The first-order valence-corrected chi connectivity index (χ1v) is 9.12. The number of likely N-dealkylation sites (N-methyl/N-ethyl adjacent to an activating group) is 1. The van der Waals surface area contributed by atoms with Gasteiger partial charge in [-0.05, 0) is 29.5 Å². The van der Waals surface area contributed by atoms with Crippen LogP contribution in [0, 0.1) is 5.92 Å². The van der Waals surface area contributed by atoms with Crippen molar-refractivity contribution < 1.29 is 9.59 Å². The van der Waals surface area contributed by atoms with Crippen molar-refractivity contribution in [2.45, 2.75) is 32.1 Å². The smallest absolute Gasteiger partial charge is 0.238 e. The molecule has 1 aliphatic heterocycles. The number of hydrogen-bond donors (Lipinski definition) is 1. The Hall–Kier alpha value is -2.62. The molecule has 0 unspecified atom stereocenters. The molecule has 0 aliphatic carbocycles. The van der Waals surface area contributed by atoms with E-state index >= 15 is 0 Å². The maximum absolute atomic E-state index is 13.3. The van der Waals surface area contributed by atoms with Crippen LogP contribution in [-0.4, -0.2) is 25.4 Å². The fourth-order valence-electron chi connectivity index (χ4n) is 3.72. The second kappa shape index (κ2) is 7.32. The molecule has 0 saturated heterocycles. The molecule has 3 rings (SSSR count). The average molecular weight is 350 g/mol. The Labute approximate surface area is 155 Å². The van der Waals surface area contributed by atoms with Crippen molar-refractivity contribution in [1.82, 2.24) is 5.32 Å². The molecule has 4 nitrogen and oxygen atoms in total. The molecular formula is C22H26N2O2. The van der Waals surface area contributed by atoms with Crippen molar-refractivity contribution in [3.63, 3.8) is 0 Å². The monoisotopic (exact) mass is 350 g/mol. The van der Waals surface area contributed by atoms with Crippen LogP contribution in [0.1, 0.15) is 31.4 Å². The first-order valence-electron chi connectivity index (χ1n) is 9.12. The summed E-state index contributed by atoms with van der Waals surface area (Å²) < 4.78 is 0. The van der Waals surface area contributed by atoms with Crippen LogP contribution in [0.2, 0.25) is 0 Å². The first-order chi connectivity index (χ1) is 12.4. The molecule has 0 fully saturated rings. The van der Waals surface area contributed by atoms with Crippen molar-refractivity contribution in [2.24, 2.45) is 5.92 Å². The third-order valence-electron chi connectivity index (χ3n) is 5.01. The van der Waals surface area contributed by atoms with Gasteiger partial charge >= 0.3 is 0 Å². The summed E-state index contributed by atoms with van der Waals surface area (Å²) in [5, 5.41) is 2.98. The highest BCUT2D eigenvalue weighted by molar-refractivity contribution is 6.09. The van der Waals surface area contributed by atoms with Gasteiger partial charge in [0.2, 0.25) is 11.8 Å². The maximum Gasteiger partial charge on any atom is 0.238 e. The minimum atomic E-state index is -0.853. The molecule has 1 N–H and O–H groups in total. The van der Waals surface area contributed by atoms with Gasteiger partial charge in [-0.25, -0.2) is 0 Å². The summed E-state index contributed by atoms with van der Waals surface area (Å²) in [6.07, 6.45) is 0.678. The lowest BCUT2D eigenvalue weighted by Crippen LogP contribution is -2.44. The number of amides is 2. The van der Waals surface area contributed by atoms with Crippen LogP contribution in [0.5, 0.6) is 0 Å². The van der Waals surface area contributed by atoms with E-state index in [0.29, 0.717) is 18.9 Å². The molecule has 1 aliphatic rings. The van der Waals surface area contributed by atoms with Crippen molar-refractivity contribution in [3.05, 3.63) is 65.7 Å². The van der Waals surface area contributed by atoms with E-state index in [-0.39, 0.29) is 18.2 Å². The van der Waals surface area contributed by atoms with E-state index in [9.17, 15) is 9.59 Å². The van der Waals surface area contributed by atoms with Gasteiger partial charge in [0, 0.05) is 25.7 Å². The summed E-state index contributed by atoms with van der Waals surface area (Å²) in [4.78, 5) is 27.7. The van der Waals surface area contributed by atoms with Crippen LogP contribution >= 0.6 is 0 Å². The molecule has 4 heteroatoms. The van der Waals surface area contributed by atoms with Crippen molar-refractivity contribution >= 4 is 17.5 Å². The highest BCUT2D eigenvalue weighted by atomic mass is 16.2. The lowest BCUT2D eigenvalue weighted by molar-refractivity contribution is -0.129. The number of para-hydroxylation sites is 1. The number of carbonyl (C=O) groups excluding carboxylic acids is 2. The highest BCUT2D eigenvalue weighted by Gasteiger charge is 2.50. The first kappa shape index (κ1) is 18.2. The summed E-state index contributed by atoms with van der Waals surface area (Å²) in [6.45, 7) is 4.74. The fourth-order valence-corrected chi connectivity index (χ4v) is 3.72. The number of nitrogens with one attached hydrogen (secondary N) is 1. The highest BCUT2D eigenvalue weighted by Crippen LogP contribution is 2.45. The number of rotatable bonds is 6. The molecule has 26 heavy (non-hydrogen) atoms. The summed E-state index contributed by atoms with van der Waals surface area (Å²) in [5.74, 6) is 0.286. The Kier molecular flexibility index (Phi) is 5.12. The number of fused-ring (bicyclic) bond motifs is 1. The van der Waals surface area contributed by atoms with Crippen LogP contribution in [0.3, 0.4) is 0 Å². The van der Waals surface area contributed by atoms with Crippen LogP contribution < -0.4 is 10.2 Å². The Balaban J connectivity index is 2.00. The largest absolute Gasteiger partial charge is 0.356 e. The number of benzene rings is 2. The summed E-state index contributed by atoms with van der Waals surface area (Å²) in [5.41, 5.74) is 2.04. The molecule has 0 radical (unpaired) electrons. The third kappa shape index (κ3) is 3.36. The van der Waals surface area contributed by atoms with Crippen LogP contribution in [-0.2, 0) is 21.4 Å². The molecule has 2 amide bonds. The predicted molar refractivity (Wildman–Crippen MR) is 104 cm³/mol. The summed E-state index contributed by atoms with van der Waals surface area (Å²) in [7, 11) is 1.79. The molecule has 1 heterocycles. The van der Waals surface area contributed by atoms with Gasteiger partial charge < -0.3 is 10.2 Å². The number of hydrogen-bond acceptors (Lipinski definition) is 2. The Bertz CT molecular complexity index is 801. The van der Waals surface area contributed by atoms with Gasteiger partial charge in [-0.15, -0.1) is 0 Å². The molecule has 136 valence electrons. The molecule has 1 atom stereocenters. The normalized spacial score (nSPS) is 18.9. The van der Waals surface area contributed by atoms with E-state index < -0.39 is 5.41 Å². The zero-order valence-electron chi connectivity index (χ0n) is 15.7. The third-order valence-corrected chi connectivity index (χ3v) is 5.01. The predicted octanol–water partition coefficient (Wildman–Crippen LogP) is 3.31. The lowest BCUT2D eigenvalue weighted by atomic mass is 9.73. The number of carbonyl (C=O) groups is 2. The van der Waals surface area contributed by atoms with Crippen molar-refractivity contribution in [1.29, 1.82) is 0 Å². The quantitative estimate of drug-likeness (QED) is 0.869. The average Bonchev–Trinajstić information content (AvgIpc) is 2.84. The molecule has 0 bridgehead atoms. The molecule has 0 spiro atoms. The zero-order valence-corrected chi connectivity index (χ0v) is 15.7. The number of anilines is 1. The van der Waals surface area contributed by atoms with Crippen molar-refractivity contribution in [2.75, 3.05) is 18.5 Å². The molecule has 2 aromatic rings. The second-order valence-electron chi connectivity index (χ2n) is 7.50. The standard InChI is InChI=1S/C22H26N2O2/c1-16(2)15-23-20(25)14-22(13-17-9-5-4-6-10-17)18-11-7-8-12-19(18)24(3)21(22)26/h4-12,16H,13-15H2,1-3H3,(H,23,25)/t22-/m1/s1. The van der Waals surface area contributed by atoms with Crippen molar-refractivity contribution in [3.8, 4) is 0 Å². The van der Waals surface area contributed by atoms with Gasteiger partial charge in [-0.3, -0.25) is 9.59 Å². The van der Waals surface area contributed by atoms with Crippen LogP contribution in [0.15, 0.2) is 54.6 Å². The Morgan fingerprint density at radius 2 is 1.73 bits per heavy atom. The summed E-state index contributed by atoms with van der Waals surface area (Å²) in [6, 6.07) is 17.7. The van der Waals surface area contributed by atoms with E-state index in [0.717, 1.165) is 16.8 Å². The maximum atomic E-state index is 13.3. The van der Waals surface area contributed by atoms with Crippen LogP contribution in [0.25, 0.3) is 0 Å². The van der Waals surface area contributed by atoms with Gasteiger partial charge in [0.25, 0.3) is 0 Å². The summed E-state index contributed by atoms with van der Waals surface area (Å²) >= 11 is 0. The second-order valence-corrected chi connectivity index (χ2v) is 7.50. The van der Waals surface area contributed by atoms with Crippen LogP contribution in [0.4, 0.5) is 5.69 Å². The minimum Gasteiger partial charge on any atom is -0.356 e. The Morgan fingerprint density at radius 1 is 1.08 bits per heavy atom. The van der Waals surface area contributed by atoms with E-state index in [4.69, 9.17) is 0 Å². The SMILES string of the molecule is CC(C)CNC(=O)C[C@@]1(Cc2ccccc2)C(=O)N(C)c2ccccc21. The van der Waals surface area contributed by atoms with Gasteiger partial charge in [0.05, 0.1) is 5.41 Å². The van der Waals surface area contributed by atoms with Gasteiger partial charge in [0.15, 0.2) is 0 Å². The fraction of sp³-hybridized carbons (Fsp3) is 0.364. The van der Waals surface area contributed by atoms with Gasteiger partial charge in [-0.2, -0.15) is 0 Å².